The minimum atomic E-state index is -0.355. The Morgan fingerprint density at radius 1 is 0.933 bits per heavy atom. The monoisotopic (exact) mass is 601 g/mol. The van der Waals surface area contributed by atoms with Gasteiger partial charge in [-0.15, -0.1) is 10.2 Å². The number of benzene rings is 3. The van der Waals surface area contributed by atoms with E-state index in [9.17, 15) is 4.79 Å². The summed E-state index contributed by atoms with van der Waals surface area (Å²) < 4.78 is 7.61. The highest BCUT2D eigenvalue weighted by Gasteiger charge is 2.28. The third kappa shape index (κ3) is 6.21. The van der Waals surface area contributed by atoms with E-state index in [-0.39, 0.29) is 17.9 Å². The highest BCUT2D eigenvalue weighted by atomic mass is 16.5. The van der Waals surface area contributed by atoms with Crippen LogP contribution in [0, 0.1) is 5.92 Å². The van der Waals surface area contributed by atoms with Crippen LogP contribution in [0.25, 0.3) is 21.8 Å². The number of hydrogen-bond acceptors (Lipinski definition) is 5. The molecule has 1 unspecified atom stereocenters. The van der Waals surface area contributed by atoms with Crippen molar-refractivity contribution in [2.75, 3.05) is 20.2 Å². The Labute approximate surface area is 262 Å². The Balaban J connectivity index is 1.25. The molecule has 0 aliphatic carbocycles. The number of aromatic amines is 2. The van der Waals surface area contributed by atoms with Crippen LogP contribution in [0.5, 0.6) is 5.75 Å². The molecule has 1 saturated heterocycles. The van der Waals surface area contributed by atoms with Crippen LogP contribution in [0.3, 0.4) is 0 Å². The molecular weight excluding hydrogens is 562 g/mol. The maximum atomic E-state index is 13.7. The van der Waals surface area contributed by atoms with E-state index in [1.165, 1.54) is 10.9 Å². The summed E-state index contributed by atoms with van der Waals surface area (Å²) >= 11 is 0. The van der Waals surface area contributed by atoms with Gasteiger partial charge in [-0.25, -0.2) is 0 Å². The van der Waals surface area contributed by atoms with Crippen LogP contribution in [0.4, 0.5) is 0 Å². The number of ether oxygens (including phenoxy) is 1. The zero-order valence-electron chi connectivity index (χ0n) is 25.6. The maximum Gasteiger partial charge on any atom is 0.224 e. The number of methoxy groups -OCH3 is 1. The van der Waals surface area contributed by atoms with Gasteiger partial charge in [0, 0.05) is 53.6 Å². The molecule has 1 amide bonds. The summed E-state index contributed by atoms with van der Waals surface area (Å²) in [6, 6.07) is 24.4. The minimum Gasteiger partial charge on any atom is -0.497 e. The Bertz CT molecular complexity index is 1900. The number of nitrogens with zero attached hydrogens (tertiary/aromatic N) is 3. The summed E-state index contributed by atoms with van der Waals surface area (Å²) in [4.78, 5) is 20.5. The van der Waals surface area contributed by atoms with E-state index in [0.717, 1.165) is 70.8 Å². The third-order valence-corrected chi connectivity index (χ3v) is 9.04. The lowest BCUT2D eigenvalue weighted by Crippen LogP contribution is -2.42. The average molecular weight is 602 g/mol. The number of piperidine rings is 1. The number of H-pyrrole nitrogens is 2. The summed E-state index contributed by atoms with van der Waals surface area (Å²) in [5.74, 6) is 2.47. The van der Waals surface area contributed by atoms with E-state index in [1.807, 2.05) is 30.5 Å². The first-order valence-electron chi connectivity index (χ1n) is 15.8. The number of hydrogen-bond donors (Lipinski definition) is 4. The van der Waals surface area contributed by atoms with Gasteiger partial charge < -0.3 is 29.9 Å². The fourth-order valence-electron chi connectivity index (χ4n) is 6.56. The van der Waals surface area contributed by atoms with E-state index in [2.05, 4.69) is 79.9 Å². The molecule has 0 spiro atoms. The molecule has 2 atom stereocenters. The summed E-state index contributed by atoms with van der Waals surface area (Å²) in [7, 11) is 1.68. The molecule has 4 N–H and O–H groups in total. The van der Waals surface area contributed by atoms with E-state index in [0.29, 0.717) is 25.9 Å². The highest BCUT2D eigenvalue weighted by molar-refractivity contribution is 5.84. The van der Waals surface area contributed by atoms with E-state index in [1.54, 1.807) is 7.11 Å². The second-order valence-corrected chi connectivity index (χ2v) is 11.9. The number of amides is 1. The van der Waals surface area contributed by atoms with Gasteiger partial charge in [0.2, 0.25) is 5.91 Å². The molecule has 6 aromatic rings. The summed E-state index contributed by atoms with van der Waals surface area (Å²) in [5.41, 5.74) is 5.70. The number of carbonyl (C=O) groups is 1. The van der Waals surface area contributed by atoms with E-state index < -0.39 is 0 Å². The number of rotatable bonds is 11. The first kappa shape index (κ1) is 28.9. The lowest BCUT2D eigenvalue weighted by molar-refractivity contribution is -0.126. The van der Waals surface area contributed by atoms with Gasteiger partial charge in [-0.1, -0.05) is 48.5 Å². The molecule has 9 heteroatoms. The molecule has 9 nitrogen and oxygen atoms in total. The molecule has 3 aromatic carbocycles. The molecule has 3 aromatic heterocycles. The second kappa shape index (κ2) is 13.0. The smallest absolute Gasteiger partial charge is 0.224 e. The van der Waals surface area contributed by atoms with Crippen molar-refractivity contribution in [3.8, 4) is 5.75 Å². The largest absolute Gasteiger partial charge is 0.497 e. The number of nitrogens with one attached hydrogen (secondary N) is 4. The van der Waals surface area contributed by atoms with Gasteiger partial charge in [-0.05, 0) is 66.8 Å². The standard InChI is InChI=1S/C36H39N7O2/c1-45-28-15-12-24(13-16-28)23-43-34(17-14-25-21-38-31-10-4-2-8-29(25)31)41-42-35(43)33(40-36(44)26-7-6-18-37-20-26)19-27-22-39-32-11-5-3-9-30(27)32/h2-5,8-13,15-16,21-22,26,33,37-39H,6-7,14,17-20,23H2,1H3,(H,40,44)/t26-,33?/m0/s1. The lowest BCUT2D eigenvalue weighted by Gasteiger charge is -2.26. The molecular formula is C36H39N7O2. The third-order valence-electron chi connectivity index (χ3n) is 9.04. The van der Waals surface area contributed by atoms with Gasteiger partial charge in [-0.3, -0.25) is 4.79 Å². The highest BCUT2D eigenvalue weighted by Crippen LogP contribution is 2.27. The summed E-state index contributed by atoms with van der Waals surface area (Å²) in [6.45, 7) is 2.24. The van der Waals surface area contributed by atoms with Crippen LogP contribution in [0.2, 0.25) is 0 Å². The van der Waals surface area contributed by atoms with Crippen LogP contribution < -0.4 is 15.4 Å². The Morgan fingerprint density at radius 2 is 1.64 bits per heavy atom. The molecule has 7 rings (SSSR count). The molecule has 230 valence electrons. The number of aromatic nitrogens is 5. The number of para-hydroxylation sites is 2. The van der Waals surface area contributed by atoms with Crippen LogP contribution in [-0.4, -0.2) is 50.8 Å². The normalized spacial score (nSPS) is 15.8. The van der Waals surface area contributed by atoms with Crippen LogP contribution in [0.15, 0.2) is 85.2 Å². The number of aryl methyl sites for hydroxylation is 2. The first-order valence-corrected chi connectivity index (χ1v) is 15.8. The Hall–Kier alpha value is -4.89. The Kier molecular flexibility index (Phi) is 8.33. The van der Waals surface area contributed by atoms with Crippen molar-refractivity contribution in [2.45, 2.75) is 44.7 Å². The van der Waals surface area contributed by atoms with Crippen molar-refractivity contribution >= 4 is 27.7 Å². The van der Waals surface area contributed by atoms with Crippen molar-refractivity contribution in [3.05, 3.63) is 114 Å². The van der Waals surface area contributed by atoms with Gasteiger partial charge in [0.25, 0.3) is 0 Å². The molecule has 0 radical (unpaired) electrons. The molecule has 4 heterocycles. The molecule has 1 aliphatic heterocycles. The summed E-state index contributed by atoms with van der Waals surface area (Å²) in [5, 5.41) is 18.8. The van der Waals surface area contributed by atoms with Crippen molar-refractivity contribution in [3.63, 3.8) is 0 Å². The first-order chi connectivity index (χ1) is 22.2. The van der Waals surface area contributed by atoms with Crippen LogP contribution in [0.1, 0.15) is 47.2 Å². The van der Waals surface area contributed by atoms with Gasteiger partial charge in [-0.2, -0.15) is 0 Å². The molecule has 45 heavy (non-hydrogen) atoms. The predicted octanol–water partition coefficient (Wildman–Crippen LogP) is 5.48. The van der Waals surface area contributed by atoms with Crippen molar-refractivity contribution in [1.82, 2.24) is 35.4 Å². The SMILES string of the molecule is COc1ccc(Cn2c(CCc3c[nH]c4ccccc34)nnc2C(Cc2c[nH]c3ccccc23)NC(=O)[C@H]2CCCNC2)cc1. The van der Waals surface area contributed by atoms with E-state index in [4.69, 9.17) is 14.9 Å². The molecule has 1 fully saturated rings. The van der Waals surface area contributed by atoms with Crippen LogP contribution >= 0.6 is 0 Å². The van der Waals surface area contributed by atoms with Crippen molar-refractivity contribution in [1.29, 1.82) is 0 Å². The fraction of sp³-hybridized carbons (Fsp3) is 0.306. The van der Waals surface area contributed by atoms with Crippen LogP contribution in [-0.2, 0) is 30.6 Å². The zero-order chi connectivity index (χ0) is 30.6. The van der Waals surface area contributed by atoms with Gasteiger partial charge in [0.1, 0.15) is 11.6 Å². The summed E-state index contributed by atoms with van der Waals surface area (Å²) in [6.07, 6.45) is 8.15. The number of fused-ring (bicyclic) bond motifs is 2. The number of carbonyl (C=O) groups excluding carboxylic acids is 1. The van der Waals surface area contributed by atoms with E-state index >= 15 is 0 Å². The lowest BCUT2D eigenvalue weighted by atomic mass is 9.97. The molecule has 1 aliphatic rings. The molecule has 0 bridgehead atoms. The Morgan fingerprint density at radius 3 is 2.36 bits per heavy atom. The second-order valence-electron chi connectivity index (χ2n) is 11.9. The maximum absolute atomic E-state index is 13.7. The van der Waals surface area contributed by atoms with Crippen molar-refractivity contribution < 1.29 is 9.53 Å². The fourth-order valence-corrected chi connectivity index (χ4v) is 6.56. The topological polar surface area (TPSA) is 113 Å². The van der Waals surface area contributed by atoms with Gasteiger partial charge in [0.05, 0.1) is 25.6 Å². The zero-order valence-corrected chi connectivity index (χ0v) is 25.6. The van der Waals surface area contributed by atoms with Crippen molar-refractivity contribution in [2.24, 2.45) is 5.92 Å². The average Bonchev–Trinajstić information content (AvgIpc) is 3.81. The molecule has 0 saturated carbocycles. The van der Waals surface area contributed by atoms with Gasteiger partial charge >= 0.3 is 0 Å². The van der Waals surface area contributed by atoms with Gasteiger partial charge in [0.15, 0.2) is 5.82 Å². The minimum absolute atomic E-state index is 0.0615. The predicted molar refractivity (Wildman–Crippen MR) is 176 cm³/mol. The quantitative estimate of drug-likeness (QED) is 0.157.